The van der Waals surface area contributed by atoms with Gasteiger partial charge in [0.2, 0.25) is 0 Å². The van der Waals surface area contributed by atoms with Crippen molar-refractivity contribution in [2.24, 2.45) is 0 Å². The van der Waals surface area contributed by atoms with Crippen LogP contribution in [0.2, 0.25) is 0 Å². The number of hydrogen-bond donors (Lipinski definition) is 3. The minimum absolute atomic E-state index is 0.184. The third kappa shape index (κ3) is 6.87. The van der Waals surface area contributed by atoms with Gasteiger partial charge in [-0.15, -0.1) is 0 Å². The van der Waals surface area contributed by atoms with Gasteiger partial charge < -0.3 is 34.5 Å². The molecule has 2 atom stereocenters. The lowest BCUT2D eigenvalue weighted by Crippen LogP contribution is -2.21. The smallest absolute Gasteiger partial charge is 0.330 e. The van der Waals surface area contributed by atoms with Crippen molar-refractivity contribution in [2.75, 3.05) is 39.5 Å². The summed E-state index contributed by atoms with van der Waals surface area (Å²) >= 11 is 0. The number of aliphatic carboxylic acids is 1. The predicted octanol–water partition coefficient (Wildman–Crippen LogP) is 3.61. The summed E-state index contributed by atoms with van der Waals surface area (Å²) in [5.74, 6) is -0.912. The Labute approximate surface area is 221 Å². The molecule has 3 N–H and O–H groups in total. The standard InChI is InChI=1S/C27H31NO9S/c1-34-19-13-23(36-3)25(24(14-19)37-4)21(29)16-38(32,33)15-17-10-11-22(35-2)20(12-17)28-26(27(30)31)18-8-6-5-7-9-18/h5-14,21,26,28-29H,15-16H2,1-4H3,(H,30,31). The third-order valence-electron chi connectivity index (χ3n) is 5.83. The van der Waals surface area contributed by atoms with Crippen LogP contribution in [0.25, 0.3) is 0 Å². The van der Waals surface area contributed by atoms with E-state index in [1.807, 2.05) is 0 Å². The molecule has 0 aliphatic heterocycles. The van der Waals surface area contributed by atoms with Crippen molar-refractivity contribution in [3.8, 4) is 23.0 Å². The molecule has 0 aliphatic carbocycles. The molecule has 0 amide bonds. The van der Waals surface area contributed by atoms with Crippen LogP contribution in [0, 0.1) is 0 Å². The molecule has 204 valence electrons. The average Bonchev–Trinajstić information content (AvgIpc) is 2.90. The van der Waals surface area contributed by atoms with Gasteiger partial charge in [0, 0.05) is 12.1 Å². The highest BCUT2D eigenvalue weighted by atomic mass is 32.2. The number of benzene rings is 3. The van der Waals surface area contributed by atoms with Gasteiger partial charge >= 0.3 is 5.97 Å². The van der Waals surface area contributed by atoms with Crippen molar-refractivity contribution in [2.45, 2.75) is 17.9 Å². The van der Waals surface area contributed by atoms with E-state index < -0.39 is 39.5 Å². The maximum atomic E-state index is 13.1. The predicted molar refractivity (Wildman–Crippen MR) is 142 cm³/mol. The van der Waals surface area contributed by atoms with Crippen LogP contribution in [0.3, 0.4) is 0 Å². The monoisotopic (exact) mass is 545 g/mol. The minimum Gasteiger partial charge on any atom is -0.496 e. The zero-order valence-corrected chi connectivity index (χ0v) is 22.3. The summed E-state index contributed by atoms with van der Waals surface area (Å²) in [6, 6.07) is 15.2. The number of carboxylic acids is 1. The van der Waals surface area contributed by atoms with Gasteiger partial charge in [-0.1, -0.05) is 36.4 Å². The summed E-state index contributed by atoms with van der Waals surface area (Å²) in [7, 11) is 1.82. The zero-order chi connectivity index (χ0) is 27.9. The van der Waals surface area contributed by atoms with E-state index in [0.29, 0.717) is 28.3 Å². The van der Waals surface area contributed by atoms with Gasteiger partial charge in [-0.2, -0.15) is 0 Å². The summed E-state index contributed by atoms with van der Waals surface area (Å²) < 4.78 is 47.4. The van der Waals surface area contributed by atoms with Crippen molar-refractivity contribution < 1.29 is 42.4 Å². The fourth-order valence-electron chi connectivity index (χ4n) is 4.04. The van der Waals surface area contributed by atoms with Crippen molar-refractivity contribution >= 4 is 21.5 Å². The lowest BCUT2D eigenvalue weighted by atomic mass is 10.1. The Morgan fingerprint density at radius 1 is 0.868 bits per heavy atom. The number of methoxy groups -OCH3 is 4. The minimum atomic E-state index is -3.86. The summed E-state index contributed by atoms with van der Waals surface area (Å²) in [5, 5.41) is 23.6. The molecule has 3 aromatic carbocycles. The summed E-state index contributed by atoms with van der Waals surface area (Å²) in [6.45, 7) is 0. The Hall–Kier alpha value is -3.96. The number of nitrogens with one attached hydrogen (secondary N) is 1. The first-order valence-electron chi connectivity index (χ1n) is 11.5. The van der Waals surface area contributed by atoms with Crippen LogP contribution in [0.1, 0.15) is 28.8 Å². The summed E-state index contributed by atoms with van der Waals surface area (Å²) in [6.07, 6.45) is -1.44. The summed E-state index contributed by atoms with van der Waals surface area (Å²) in [5.41, 5.74) is 1.40. The van der Waals surface area contributed by atoms with Gasteiger partial charge in [0.1, 0.15) is 29.1 Å². The number of sulfone groups is 1. The van der Waals surface area contributed by atoms with Crippen LogP contribution in [0.15, 0.2) is 60.7 Å². The number of carbonyl (C=O) groups is 1. The second kappa shape index (κ2) is 12.5. The quantitative estimate of drug-likeness (QED) is 0.292. The van der Waals surface area contributed by atoms with Gasteiger partial charge in [0.25, 0.3) is 0 Å². The molecule has 0 aliphatic rings. The SMILES string of the molecule is COc1cc(OC)c(C(O)CS(=O)(=O)Cc2ccc(OC)c(NC(C(=O)O)c3ccccc3)c2)c(OC)c1. The van der Waals surface area contributed by atoms with Crippen LogP contribution in [0.4, 0.5) is 5.69 Å². The first-order chi connectivity index (χ1) is 18.1. The molecule has 38 heavy (non-hydrogen) atoms. The van der Waals surface area contributed by atoms with Crippen LogP contribution >= 0.6 is 0 Å². The highest BCUT2D eigenvalue weighted by Gasteiger charge is 2.27. The molecule has 0 heterocycles. The Bertz CT molecular complexity index is 1340. The topological polar surface area (TPSA) is 141 Å². The van der Waals surface area contributed by atoms with Gasteiger partial charge in [0.15, 0.2) is 15.9 Å². The molecule has 3 rings (SSSR count). The normalized spacial score (nSPS) is 12.8. The van der Waals surface area contributed by atoms with E-state index in [0.717, 1.165) is 0 Å². The fourth-order valence-corrected chi connectivity index (χ4v) is 5.50. The van der Waals surface area contributed by atoms with Gasteiger partial charge in [-0.3, -0.25) is 0 Å². The lowest BCUT2D eigenvalue weighted by molar-refractivity contribution is -0.138. The highest BCUT2D eigenvalue weighted by molar-refractivity contribution is 7.90. The fraction of sp³-hybridized carbons (Fsp3) is 0.296. The van der Waals surface area contributed by atoms with Gasteiger partial charge in [-0.05, 0) is 23.3 Å². The van der Waals surface area contributed by atoms with E-state index in [-0.39, 0.29) is 17.1 Å². The molecule has 0 saturated carbocycles. The van der Waals surface area contributed by atoms with Crippen LogP contribution in [-0.2, 0) is 20.4 Å². The summed E-state index contributed by atoms with van der Waals surface area (Å²) in [4.78, 5) is 12.0. The van der Waals surface area contributed by atoms with Crippen molar-refractivity contribution in [3.05, 3.63) is 77.4 Å². The van der Waals surface area contributed by atoms with Crippen LogP contribution in [-0.4, -0.2) is 58.8 Å². The molecule has 0 fully saturated rings. The Morgan fingerprint density at radius 2 is 1.47 bits per heavy atom. The number of rotatable bonds is 13. The number of ether oxygens (including phenoxy) is 4. The van der Waals surface area contributed by atoms with Crippen molar-refractivity contribution in [1.29, 1.82) is 0 Å². The molecular formula is C27H31NO9S. The van der Waals surface area contributed by atoms with E-state index >= 15 is 0 Å². The van der Waals surface area contributed by atoms with E-state index in [4.69, 9.17) is 18.9 Å². The highest BCUT2D eigenvalue weighted by Crippen LogP contribution is 2.39. The van der Waals surface area contributed by atoms with Crippen molar-refractivity contribution in [1.82, 2.24) is 0 Å². The molecule has 11 heteroatoms. The van der Waals surface area contributed by atoms with Crippen molar-refractivity contribution in [3.63, 3.8) is 0 Å². The Kier molecular flexibility index (Phi) is 9.43. The number of aliphatic hydroxyl groups is 1. The number of hydrogen-bond acceptors (Lipinski definition) is 9. The number of aliphatic hydroxyl groups excluding tert-OH is 1. The molecule has 0 bridgehead atoms. The van der Waals surface area contributed by atoms with E-state index in [9.17, 15) is 23.4 Å². The third-order valence-corrected chi connectivity index (χ3v) is 7.43. The largest absolute Gasteiger partial charge is 0.496 e. The van der Waals surface area contributed by atoms with E-state index in [2.05, 4.69) is 5.32 Å². The van der Waals surface area contributed by atoms with E-state index in [1.54, 1.807) is 42.5 Å². The van der Waals surface area contributed by atoms with Gasteiger partial charge in [0.05, 0.1) is 51.2 Å². The van der Waals surface area contributed by atoms with E-state index in [1.165, 1.54) is 46.6 Å². The lowest BCUT2D eigenvalue weighted by Gasteiger charge is -2.20. The Balaban J connectivity index is 1.86. The molecule has 2 unspecified atom stereocenters. The number of anilines is 1. The van der Waals surface area contributed by atoms with Crippen LogP contribution < -0.4 is 24.3 Å². The maximum absolute atomic E-state index is 13.1. The molecule has 3 aromatic rings. The second-order valence-corrected chi connectivity index (χ2v) is 10.5. The second-order valence-electron chi connectivity index (χ2n) is 8.38. The molecule has 0 saturated heterocycles. The number of carboxylic acid groups (broad SMARTS) is 1. The average molecular weight is 546 g/mol. The molecule has 0 spiro atoms. The zero-order valence-electron chi connectivity index (χ0n) is 21.5. The molecule has 0 aromatic heterocycles. The molecule has 0 radical (unpaired) electrons. The maximum Gasteiger partial charge on any atom is 0.330 e. The van der Waals surface area contributed by atoms with Crippen LogP contribution in [0.5, 0.6) is 23.0 Å². The molecule has 10 nitrogen and oxygen atoms in total. The first-order valence-corrected chi connectivity index (χ1v) is 13.3. The first kappa shape index (κ1) is 28.6. The Morgan fingerprint density at radius 3 is 2.00 bits per heavy atom. The molecular weight excluding hydrogens is 514 g/mol. The van der Waals surface area contributed by atoms with Gasteiger partial charge in [-0.25, -0.2) is 13.2 Å².